The molecule has 0 aliphatic carbocycles. The van der Waals surface area contributed by atoms with Crippen molar-refractivity contribution in [1.82, 2.24) is 0 Å². The molecule has 1 rings (SSSR count). The molecule has 0 aliphatic rings. The summed E-state index contributed by atoms with van der Waals surface area (Å²) in [5.41, 5.74) is 0.113. The monoisotopic (exact) mass is 325 g/mol. The molecule has 0 unspecified atom stereocenters. The number of rotatable bonds is 4. The van der Waals surface area contributed by atoms with Crippen molar-refractivity contribution in [2.45, 2.75) is 45.8 Å². The molecule has 0 saturated carbocycles. The Morgan fingerprint density at radius 3 is 2.23 bits per heavy atom. The molecule has 122 valence electrons. The van der Waals surface area contributed by atoms with E-state index in [9.17, 15) is 14.9 Å². The Hall–Kier alpha value is -1.89. The highest BCUT2D eigenvalue weighted by atomic mass is 28.4. The molecule has 0 aliphatic heterocycles. The summed E-state index contributed by atoms with van der Waals surface area (Å²) in [6, 6.07) is 2.85. The normalized spacial score (nSPS) is 12.0. The van der Waals surface area contributed by atoms with E-state index in [2.05, 4.69) is 38.6 Å². The fraction of sp³-hybridized carbons (Fsp3) is 0.533. The highest BCUT2D eigenvalue weighted by Gasteiger charge is 2.40. The summed E-state index contributed by atoms with van der Waals surface area (Å²) in [6.07, 6.45) is 0. The van der Waals surface area contributed by atoms with E-state index < -0.39 is 19.2 Å². The summed E-state index contributed by atoms with van der Waals surface area (Å²) in [6.45, 7) is 12.1. The van der Waals surface area contributed by atoms with Crippen molar-refractivity contribution >= 4 is 20.0 Å². The number of benzene rings is 1. The van der Waals surface area contributed by atoms with Crippen LogP contribution in [0, 0.1) is 17.0 Å². The molecule has 1 aromatic rings. The molecule has 0 atom stereocenters. The molecular weight excluding hydrogens is 302 g/mol. The Bertz CT molecular complexity index is 605. The number of hydrogen-bond acceptors (Lipinski definition) is 5. The summed E-state index contributed by atoms with van der Waals surface area (Å²) in [5.74, 6) is -0.234. The van der Waals surface area contributed by atoms with Gasteiger partial charge < -0.3 is 9.16 Å². The number of nitro groups is 1. The Morgan fingerprint density at radius 1 is 1.27 bits per heavy atom. The van der Waals surface area contributed by atoms with Crippen LogP contribution in [0.25, 0.3) is 0 Å². The number of hydrogen-bond donors (Lipinski definition) is 0. The first kappa shape index (κ1) is 18.2. The number of nitrogens with zero attached hydrogens (tertiary/aromatic N) is 1. The minimum Gasteiger partial charge on any atom is -0.543 e. The van der Waals surface area contributed by atoms with Crippen molar-refractivity contribution < 1.29 is 18.9 Å². The van der Waals surface area contributed by atoms with E-state index >= 15 is 0 Å². The van der Waals surface area contributed by atoms with Gasteiger partial charge in [0.1, 0.15) is 11.3 Å². The van der Waals surface area contributed by atoms with Gasteiger partial charge >= 0.3 is 5.97 Å². The topological polar surface area (TPSA) is 78.7 Å². The van der Waals surface area contributed by atoms with E-state index in [-0.39, 0.29) is 16.3 Å². The first-order valence-electron chi connectivity index (χ1n) is 6.97. The van der Waals surface area contributed by atoms with Crippen LogP contribution < -0.4 is 4.43 Å². The maximum absolute atomic E-state index is 11.9. The third-order valence-electron chi connectivity index (χ3n) is 4.15. The zero-order valence-corrected chi connectivity index (χ0v) is 15.1. The Labute approximate surface area is 131 Å². The first-order chi connectivity index (χ1) is 9.92. The second-order valence-electron chi connectivity index (χ2n) is 6.69. The zero-order chi connectivity index (χ0) is 17.3. The van der Waals surface area contributed by atoms with E-state index in [1.807, 2.05) is 0 Å². The fourth-order valence-corrected chi connectivity index (χ4v) is 2.81. The van der Waals surface area contributed by atoms with Gasteiger partial charge in [-0.3, -0.25) is 10.1 Å². The van der Waals surface area contributed by atoms with Crippen LogP contribution in [0.1, 0.15) is 36.7 Å². The van der Waals surface area contributed by atoms with E-state index in [1.54, 1.807) is 13.0 Å². The number of ether oxygens (including phenoxy) is 1. The Balaban J connectivity index is 3.42. The summed E-state index contributed by atoms with van der Waals surface area (Å²) in [4.78, 5) is 22.4. The molecular formula is C15H23NO5Si. The summed E-state index contributed by atoms with van der Waals surface area (Å²) in [7, 11) is -0.910. The van der Waals surface area contributed by atoms with Crippen LogP contribution >= 0.6 is 0 Å². The maximum Gasteiger partial charge on any atom is 0.345 e. The largest absolute Gasteiger partial charge is 0.543 e. The number of carbonyl (C=O) groups is 1. The van der Waals surface area contributed by atoms with E-state index in [0.29, 0.717) is 11.3 Å². The van der Waals surface area contributed by atoms with Crippen molar-refractivity contribution in [3.63, 3.8) is 0 Å². The average molecular weight is 325 g/mol. The van der Waals surface area contributed by atoms with Gasteiger partial charge in [-0.05, 0) is 31.1 Å². The molecule has 7 heteroatoms. The minimum atomic E-state index is -2.11. The first-order valence-corrected chi connectivity index (χ1v) is 9.88. The molecule has 0 fully saturated rings. The van der Waals surface area contributed by atoms with Gasteiger partial charge in [0.2, 0.25) is 8.32 Å². The van der Waals surface area contributed by atoms with Crippen LogP contribution in [-0.4, -0.2) is 26.3 Å². The molecule has 0 radical (unpaired) electrons. The van der Waals surface area contributed by atoms with Crippen LogP contribution in [0.4, 0.5) is 5.69 Å². The second kappa shape index (κ2) is 6.08. The van der Waals surface area contributed by atoms with Gasteiger partial charge in [0.15, 0.2) is 0 Å². The number of nitro benzene ring substituents is 1. The van der Waals surface area contributed by atoms with Gasteiger partial charge in [0.05, 0.1) is 12.0 Å². The highest BCUT2D eigenvalue weighted by Crippen LogP contribution is 2.39. The van der Waals surface area contributed by atoms with Gasteiger partial charge in [-0.15, -0.1) is 0 Å². The molecule has 0 bridgehead atoms. The molecule has 1 aromatic carbocycles. The minimum absolute atomic E-state index is 0.0212. The molecule has 22 heavy (non-hydrogen) atoms. The SMILES string of the molecule is COC(=O)c1c([N+](=O)[O-])ccc(O[Si](C)(C)C(C)(C)C)c1C. The van der Waals surface area contributed by atoms with E-state index in [4.69, 9.17) is 4.43 Å². The van der Waals surface area contributed by atoms with Crippen molar-refractivity contribution in [2.75, 3.05) is 7.11 Å². The zero-order valence-electron chi connectivity index (χ0n) is 14.1. The standard InChI is InChI=1S/C15H23NO5Si/c1-10-12(21-22(6,7)15(2,3)4)9-8-11(16(18)19)13(10)14(17)20-5/h8-9H,1-7H3. The third kappa shape index (κ3) is 3.46. The maximum atomic E-state index is 11.9. The summed E-state index contributed by atoms with van der Waals surface area (Å²) in [5, 5.41) is 11.1. The van der Waals surface area contributed by atoms with Gasteiger partial charge in [0.25, 0.3) is 5.69 Å². The lowest BCUT2D eigenvalue weighted by Crippen LogP contribution is -2.44. The van der Waals surface area contributed by atoms with Crippen LogP contribution in [0.5, 0.6) is 5.75 Å². The third-order valence-corrected chi connectivity index (χ3v) is 8.49. The molecule has 0 saturated heterocycles. The average Bonchev–Trinajstić information content (AvgIpc) is 2.38. The lowest BCUT2D eigenvalue weighted by Gasteiger charge is -2.37. The molecule has 0 heterocycles. The lowest BCUT2D eigenvalue weighted by molar-refractivity contribution is -0.385. The second-order valence-corrected chi connectivity index (χ2v) is 11.4. The van der Waals surface area contributed by atoms with Crippen molar-refractivity contribution in [3.05, 3.63) is 33.4 Å². The van der Waals surface area contributed by atoms with Crippen LogP contribution in [0.15, 0.2) is 12.1 Å². The van der Waals surface area contributed by atoms with Crippen molar-refractivity contribution in [3.8, 4) is 5.75 Å². The molecule has 6 nitrogen and oxygen atoms in total. The Morgan fingerprint density at radius 2 is 1.82 bits per heavy atom. The lowest BCUT2D eigenvalue weighted by atomic mass is 10.1. The molecule has 0 amide bonds. The highest BCUT2D eigenvalue weighted by molar-refractivity contribution is 6.74. The number of carbonyl (C=O) groups excluding carboxylic acids is 1. The molecule has 0 aromatic heterocycles. The summed E-state index contributed by atoms with van der Waals surface area (Å²) >= 11 is 0. The smallest absolute Gasteiger partial charge is 0.345 e. The van der Waals surface area contributed by atoms with Gasteiger partial charge in [-0.2, -0.15) is 0 Å². The molecule has 0 spiro atoms. The Kier molecular flexibility index (Phi) is 5.02. The predicted octanol–water partition coefficient (Wildman–Crippen LogP) is 4.07. The van der Waals surface area contributed by atoms with Crippen LogP contribution in [0.3, 0.4) is 0 Å². The van der Waals surface area contributed by atoms with Crippen molar-refractivity contribution in [2.24, 2.45) is 0 Å². The van der Waals surface area contributed by atoms with Crippen molar-refractivity contribution in [1.29, 1.82) is 0 Å². The van der Waals surface area contributed by atoms with Crippen LogP contribution in [-0.2, 0) is 4.74 Å². The van der Waals surface area contributed by atoms with Gasteiger partial charge in [-0.25, -0.2) is 4.79 Å². The summed E-state index contributed by atoms with van der Waals surface area (Å²) < 4.78 is 10.8. The van der Waals surface area contributed by atoms with Gasteiger partial charge in [0, 0.05) is 11.6 Å². The number of methoxy groups -OCH3 is 1. The predicted molar refractivity (Wildman–Crippen MR) is 87.0 cm³/mol. The number of esters is 1. The van der Waals surface area contributed by atoms with Crippen LogP contribution in [0.2, 0.25) is 18.1 Å². The van der Waals surface area contributed by atoms with Gasteiger partial charge in [-0.1, -0.05) is 20.8 Å². The quantitative estimate of drug-likeness (QED) is 0.361. The van der Waals surface area contributed by atoms with E-state index in [0.717, 1.165) is 0 Å². The fourth-order valence-electron chi connectivity index (χ4n) is 1.73. The van der Waals surface area contributed by atoms with E-state index in [1.165, 1.54) is 13.2 Å². The molecule has 0 N–H and O–H groups in total.